The van der Waals surface area contributed by atoms with Crippen LogP contribution in [0.2, 0.25) is 0 Å². The summed E-state index contributed by atoms with van der Waals surface area (Å²) in [5.41, 5.74) is 1.86. The van der Waals surface area contributed by atoms with E-state index in [1.165, 1.54) is 0 Å². The number of ether oxygens (including phenoxy) is 1. The van der Waals surface area contributed by atoms with Crippen LogP contribution in [-0.2, 0) is 16.1 Å². The molecular formula is C20H29N5O2. The van der Waals surface area contributed by atoms with Crippen molar-refractivity contribution in [1.82, 2.24) is 24.8 Å². The second kappa shape index (κ2) is 7.94. The van der Waals surface area contributed by atoms with Gasteiger partial charge in [0.05, 0.1) is 24.3 Å². The highest BCUT2D eigenvalue weighted by Gasteiger charge is 2.31. The maximum absolute atomic E-state index is 12.6. The molecule has 7 nitrogen and oxygen atoms in total. The smallest absolute Gasteiger partial charge is 0.224 e. The number of carbonyl (C=O) groups is 1. The first-order valence-corrected chi connectivity index (χ1v) is 10.1. The zero-order valence-electron chi connectivity index (χ0n) is 16.3. The van der Waals surface area contributed by atoms with Crippen LogP contribution in [0, 0.1) is 0 Å². The van der Waals surface area contributed by atoms with Crippen LogP contribution in [0.5, 0.6) is 0 Å². The van der Waals surface area contributed by atoms with Gasteiger partial charge in [-0.2, -0.15) is 0 Å². The molecule has 7 heteroatoms. The lowest BCUT2D eigenvalue weighted by Gasteiger charge is -2.43. The Hall–Kier alpha value is -1.99. The van der Waals surface area contributed by atoms with Crippen molar-refractivity contribution in [1.29, 1.82) is 0 Å². The van der Waals surface area contributed by atoms with Crippen LogP contribution in [0.1, 0.15) is 33.1 Å². The summed E-state index contributed by atoms with van der Waals surface area (Å²) >= 11 is 0. The maximum Gasteiger partial charge on any atom is 0.224 e. The molecule has 2 fully saturated rings. The summed E-state index contributed by atoms with van der Waals surface area (Å²) in [7, 11) is 0. The van der Waals surface area contributed by atoms with Gasteiger partial charge in [-0.3, -0.25) is 9.69 Å². The van der Waals surface area contributed by atoms with E-state index in [2.05, 4.69) is 29.1 Å². The summed E-state index contributed by atoms with van der Waals surface area (Å²) in [6.45, 7) is 8.58. The highest BCUT2D eigenvalue weighted by atomic mass is 16.5. The minimum atomic E-state index is 0.219. The quantitative estimate of drug-likeness (QED) is 0.822. The molecule has 0 radical (unpaired) electrons. The number of amides is 1. The lowest BCUT2D eigenvalue weighted by Crippen LogP contribution is -2.53. The van der Waals surface area contributed by atoms with Crippen molar-refractivity contribution < 1.29 is 9.53 Å². The largest absolute Gasteiger partial charge is 0.373 e. The van der Waals surface area contributed by atoms with Gasteiger partial charge in [0.25, 0.3) is 0 Å². The second-order valence-electron chi connectivity index (χ2n) is 7.87. The van der Waals surface area contributed by atoms with E-state index in [0.29, 0.717) is 31.2 Å². The number of fused-ring (bicyclic) bond motifs is 1. The van der Waals surface area contributed by atoms with Gasteiger partial charge in [-0.25, -0.2) is 4.68 Å². The monoisotopic (exact) mass is 371 g/mol. The third-order valence-corrected chi connectivity index (χ3v) is 5.74. The number of benzene rings is 1. The van der Waals surface area contributed by atoms with E-state index in [0.717, 1.165) is 50.1 Å². The summed E-state index contributed by atoms with van der Waals surface area (Å²) < 4.78 is 7.67. The number of hydrogen-bond acceptors (Lipinski definition) is 5. The van der Waals surface area contributed by atoms with E-state index < -0.39 is 0 Å². The lowest BCUT2D eigenvalue weighted by molar-refractivity contribution is -0.134. The fourth-order valence-corrected chi connectivity index (χ4v) is 4.44. The molecule has 1 aromatic heterocycles. The molecule has 2 aromatic rings. The van der Waals surface area contributed by atoms with Crippen LogP contribution < -0.4 is 0 Å². The minimum Gasteiger partial charge on any atom is -0.373 e. The number of aryl methyl sites for hydroxylation is 1. The van der Waals surface area contributed by atoms with Crippen molar-refractivity contribution in [2.24, 2.45) is 0 Å². The number of likely N-dealkylation sites (tertiary alicyclic amines) is 1. The molecule has 0 bridgehead atoms. The first kappa shape index (κ1) is 18.4. The molecule has 2 aliphatic heterocycles. The molecule has 2 aliphatic rings. The lowest BCUT2D eigenvalue weighted by atomic mass is 10.0. The van der Waals surface area contributed by atoms with Gasteiger partial charge in [-0.15, -0.1) is 5.10 Å². The molecule has 2 atom stereocenters. The van der Waals surface area contributed by atoms with Crippen molar-refractivity contribution >= 4 is 16.9 Å². The first-order valence-electron chi connectivity index (χ1n) is 10.1. The third-order valence-electron chi connectivity index (χ3n) is 5.74. The van der Waals surface area contributed by atoms with Gasteiger partial charge >= 0.3 is 0 Å². The molecule has 1 amide bonds. The topological polar surface area (TPSA) is 63.5 Å². The molecule has 0 unspecified atom stereocenters. The molecule has 0 N–H and O–H groups in total. The molecule has 0 saturated carbocycles. The summed E-state index contributed by atoms with van der Waals surface area (Å²) in [5, 5.41) is 8.33. The van der Waals surface area contributed by atoms with Crippen LogP contribution in [0.25, 0.3) is 11.0 Å². The highest BCUT2D eigenvalue weighted by molar-refractivity contribution is 5.77. The second-order valence-corrected chi connectivity index (χ2v) is 7.87. The fraction of sp³-hybridized carbons (Fsp3) is 0.650. The summed E-state index contributed by atoms with van der Waals surface area (Å²) in [4.78, 5) is 17.2. The molecule has 1 aromatic carbocycles. The Bertz CT molecular complexity index is 774. The molecular weight excluding hydrogens is 342 g/mol. The predicted molar refractivity (Wildman–Crippen MR) is 103 cm³/mol. The van der Waals surface area contributed by atoms with Crippen LogP contribution in [0.15, 0.2) is 24.3 Å². The Labute approximate surface area is 160 Å². The Morgan fingerprint density at radius 3 is 2.59 bits per heavy atom. The number of para-hydroxylation sites is 1. The SMILES string of the molecule is C[C@@H]1CN(C2CCN(C(=O)CCn3nnc4ccccc43)CC2)C[C@H](C)O1. The van der Waals surface area contributed by atoms with Crippen molar-refractivity contribution in [2.45, 2.75) is 57.9 Å². The average molecular weight is 371 g/mol. The van der Waals surface area contributed by atoms with Crippen LogP contribution in [-0.4, -0.2) is 75.1 Å². The molecule has 146 valence electrons. The standard InChI is InChI=1S/C20H29N5O2/c1-15-13-24(14-16(2)27-15)17-7-10-23(11-8-17)20(26)9-12-25-19-6-4-3-5-18(19)21-22-25/h3-6,15-17H,7-14H2,1-2H3/t15-,16+. The minimum absolute atomic E-state index is 0.219. The number of aromatic nitrogens is 3. The summed E-state index contributed by atoms with van der Waals surface area (Å²) in [6.07, 6.45) is 3.18. The van der Waals surface area contributed by atoms with E-state index in [4.69, 9.17) is 4.74 Å². The number of morpholine rings is 1. The number of rotatable bonds is 4. The zero-order chi connectivity index (χ0) is 18.8. The number of piperidine rings is 1. The fourth-order valence-electron chi connectivity index (χ4n) is 4.44. The summed E-state index contributed by atoms with van der Waals surface area (Å²) in [5.74, 6) is 0.219. The van der Waals surface area contributed by atoms with E-state index in [-0.39, 0.29) is 5.91 Å². The van der Waals surface area contributed by atoms with E-state index in [1.807, 2.05) is 33.8 Å². The molecule has 4 rings (SSSR count). The normalized spacial score (nSPS) is 25.2. The number of carbonyl (C=O) groups excluding carboxylic acids is 1. The van der Waals surface area contributed by atoms with Crippen LogP contribution in [0.4, 0.5) is 0 Å². The van der Waals surface area contributed by atoms with E-state index in [1.54, 1.807) is 0 Å². The van der Waals surface area contributed by atoms with Gasteiger partial charge in [0, 0.05) is 38.6 Å². The highest BCUT2D eigenvalue weighted by Crippen LogP contribution is 2.22. The van der Waals surface area contributed by atoms with Crippen LogP contribution >= 0.6 is 0 Å². The van der Waals surface area contributed by atoms with E-state index in [9.17, 15) is 4.79 Å². The van der Waals surface area contributed by atoms with Gasteiger partial charge in [-0.1, -0.05) is 17.3 Å². The van der Waals surface area contributed by atoms with Crippen LogP contribution in [0.3, 0.4) is 0 Å². The Morgan fingerprint density at radius 1 is 1.15 bits per heavy atom. The molecule has 3 heterocycles. The molecule has 27 heavy (non-hydrogen) atoms. The predicted octanol–water partition coefficient (Wildman–Crippen LogP) is 1.92. The van der Waals surface area contributed by atoms with Gasteiger partial charge in [0.1, 0.15) is 5.52 Å². The van der Waals surface area contributed by atoms with Gasteiger partial charge < -0.3 is 9.64 Å². The first-order chi connectivity index (χ1) is 13.1. The molecule has 0 spiro atoms. The third kappa shape index (κ3) is 4.14. The number of hydrogen-bond donors (Lipinski definition) is 0. The van der Waals surface area contributed by atoms with E-state index >= 15 is 0 Å². The maximum atomic E-state index is 12.6. The van der Waals surface area contributed by atoms with Crippen molar-refractivity contribution in [3.8, 4) is 0 Å². The number of nitrogens with zero attached hydrogens (tertiary/aromatic N) is 5. The molecule has 0 aliphatic carbocycles. The Morgan fingerprint density at radius 2 is 1.85 bits per heavy atom. The van der Waals surface area contributed by atoms with Crippen molar-refractivity contribution in [2.75, 3.05) is 26.2 Å². The Balaban J connectivity index is 1.27. The summed E-state index contributed by atoms with van der Waals surface area (Å²) in [6, 6.07) is 8.44. The van der Waals surface area contributed by atoms with Crippen molar-refractivity contribution in [3.63, 3.8) is 0 Å². The van der Waals surface area contributed by atoms with Gasteiger partial charge in [0.15, 0.2) is 0 Å². The van der Waals surface area contributed by atoms with Gasteiger partial charge in [-0.05, 0) is 38.8 Å². The van der Waals surface area contributed by atoms with Crippen molar-refractivity contribution in [3.05, 3.63) is 24.3 Å². The molecule has 2 saturated heterocycles. The Kier molecular flexibility index (Phi) is 5.41. The zero-order valence-corrected chi connectivity index (χ0v) is 16.3. The average Bonchev–Trinajstić information content (AvgIpc) is 3.09. The van der Waals surface area contributed by atoms with Gasteiger partial charge in [0.2, 0.25) is 5.91 Å².